The Morgan fingerprint density at radius 1 is 1.37 bits per heavy atom. The van der Waals surface area contributed by atoms with E-state index in [0.717, 1.165) is 11.6 Å². The van der Waals surface area contributed by atoms with Crippen LogP contribution in [0, 0.1) is 0 Å². The fraction of sp³-hybridized carbons (Fsp3) is 0.143. The Kier molecular flexibility index (Phi) is 7.97. The lowest BCUT2D eigenvalue weighted by atomic mass is 10.2. The number of carboxylic acids is 1. The van der Waals surface area contributed by atoms with Crippen LogP contribution in [0.2, 0.25) is 0 Å². The third-order valence-electron chi connectivity index (χ3n) is 1.80. The molecule has 0 spiro atoms. The molecule has 4 nitrogen and oxygen atoms in total. The summed E-state index contributed by atoms with van der Waals surface area (Å²) in [6.07, 6.45) is 0.833. The number of carbonyl (C=O) groups excluding carboxylic acids is 1. The fourth-order valence-corrected chi connectivity index (χ4v) is 1.09. The Labute approximate surface area is 117 Å². The van der Waals surface area contributed by atoms with Gasteiger partial charge < -0.3 is 9.84 Å². The van der Waals surface area contributed by atoms with Crippen LogP contribution in [0.4, 0.5) is 0 Å². The molecule has 1 N–H and O–H groups in total. The van der Waals surface area contributed by atoms with E-state index in [2.05, 4.69) is 13.2 Å². The van der Waals surface area contributed by atoms with Gasteiger partial charge in [-0.25, -0.2) is 9.59 Å². The highest BCUT2D eigenvalue weighted by molar-refractivity contribution is 6.20. The number of aliphatic carboxylic acids is 1. The highest BCUT2D eigenvalue weighted by Gasteiger charge is 2.13. The van der Waals surface area contributed by atoms with Crippen LogP contribution in [0.1, 0.15) is 18.1 Å². The van der Waals surface area contributed by atoms with E-state index in [9.17, 15) is 9.59 Å². The molecule has 0 saturated heterocycles. The number of alkyl halides is 1. The summed E-state index contributed by atoms with van der Waals surface area (Å²) in [5.74, 6) is -1.46. The van der Waals surface area contributed by atoms with Gasteiger partial charge in [-0.3, -0.25) is 0 Å². The van der Waals surface area contributed by atoms with Gasteiger partial charge in [0.25, 0.3) is 0 Å². The molecule has 0 aliphatic rings. The van der Waals surface area contributed by atoms with Crippen molar-refractivity contribution in [3.05, 3.63) is 60.7 Å². The summed E-state index contributed by atoms with van der Waals surface area (Å²) in [6, 6.07) is 9.12. The van der Waals surface area contributed by atoms with Crippen LogP contribution in [0.15, 0.2) is 55.1 Å². The molecule has 0 radical (unpaired) electrons. The SMILES string of the molecule is C=C(C)C(=O)OC(Cl)c1ccccc1.C=CC(=O)O. The van der Waals surface area contributed by atoms with E-state index >= 15 is 0 Å². The minimum Gasteiger partial charge on any atom is -0.478 e. The molecule has 1 atom stereocenters. The Morgan fingerprint density at radius 3 is 2.21 bits per heavy atom. The molecule has 1 unspecified atom stereocenters. The zero-order valence-corrected chi connectivity index (χ0v) is 11.3. The zero-order chi connectivity index (χ0) is 14.8. The maximum atomic E-state index is 11.1. The van der Waals surface area contributed by atoms with E-state index in [1.165, 1.54) is 0 Å². The largest absolute Gasteiger partial charge is 0.478 e. The molecule has 0 saturated carbocycles. The van der Waals surface area contributed by atoms with Gasteiger partial charge in [-0.2, -0.15) is 0 Å². The lowest BCUT2D eigenvalue weighted by Gasteiger charge is -2.10. The van der Waals surface area contributed by atoms with E-state index in [0.29, 0.717) is 5.57 Å². The Morgan fingerprint density at radius 2 is 1.84 bits per heavy atom. The lowest BCUT2D eigenvalue weighted by molar-refractivity contribution is -0.141. The monoisotopic (exact) mass is 282 g/mol. The predicted octanol–water partition coefficient (Wildman–Crippen LogP) is 3.30. The molecule has 0 amide bonds. The van der Waals surface area contributed by atoms with E-state index in [-0.39, 0.29) is 0 Å². The molecule has 0 aliphatic carbocycles. The number of hydrogen-bond donors (Lipinski definition) is 1. The average molecular weight is 283 g/mol. The highest BCUT2D eigenvalue weighted by Crippen LogP contribution is 2.22. The zero-order valence-electron chi connectivity index (χ0n) is 10.5. The topological polar surface area (TPSA) is 63.6 Å². The summed E-state index contributed by atoms with van der Waals surface area (Å²) in [6.45, 7) is 8.01. The van der Waals surface area contributed by atoms with Gasteiger partial charge >= 0.3 is 11.9 Å². The van der Waals surface area contributed by atoms with E-state index in [1.54, 1.807) is 19.1 Å². The third-order valence-corrected chi connectivity index (χ3v) is 2.14. The number of ether oxygens (including phenoxy) is 1. The molecule has 0 aliphatic heterocycles. The van der Waals surface area contributed by atoms with Crippen LogP contribution in [-0.4, -0.2) is 17.0 Å². The number of halogens is 1. The van der Waals surface area contributed by atoms with E-state index < -0.39 is 17.5 Å². The van der Waals surface area contributed by atoms with Gasteiger partial charge in [0.2, 0.25) is 5.56 Å². The first-order valence-electron chi connectivity index (χ1n) is 5.29. The molecule has 102 valence electrons. The normalized spacial score (nSPS) is 10.4. The number of esters is 1. The maximum absolute atomic E-state index is 11.1. The molecule has 5 heteroatoms. The van der Waals surface area contributed by atoms with Crippen LogP contribution in [-0.2, 0) is 14.3 Å². The quantitative estimate of drug-likeness (QED) is 0.523. The van der Waals surface area contributed by atoms with Crippen molar-refractivity contribution in [2.24, 2.45) is 0 Å². The summed E-state index contributed by atoms with van der Waals surface area (Å²) < 4.78 is 4.92. The van der Waals surface area contributed by atoms with Gasteiger partial charge in [0.15, 0.2) is 0 Å². The summed E-state index contributed by atoms with van der Waals surface area (Å²) in [4.78, 5) is 20.4. The number of rotatable bonds is 4. The molecule has 1 aromatic carbocycles. The number of benzene rings is 1. The van der Waals surface area contributed by atoms with Gasteiger partial charge in [-0.15, -0.1) is 0 Å². The van der Waals surface area contributed by atoms with Gasteiger partial charge in [0, 0.05) is 17.2 Å². The second-order valence-electron chi connectivity index (χ2n) is 3.45. The Balaban J connectivity index is 0.000000555. The van der Waals surface area contributed by atoms with Crippen LogP contribution in [0.5, 0.6) is 0 Å². The number of carbonyl (C=O) groups is 2. The van der Waals surface area contributed by atoms with Crippen molar-refractivity contribution >= 4 is 23.5 Å². The molecule has 0 fully saturated rings. The van der Waals surface area contributed by atoms with Crippen molar-refractivity contribution in [3.8, 4) is 0 Å². The molecule has 1 rings (SSSR count). The molecular formula is C14H15ClO4. The van der Waals surface area contributed by atoms with Gasteiger partial charge in [-0.05, 0) is 6.92 Å². The molecule has 19 heavy (non-hydrogen) atoms. The van der Waals surface area contributed by atoms with E-state index in [4.69, 9.17) is 21.4 Å². The molecule has 1 aromatic rings. The van der Waals surface area contributed by atoms with Crippen molar-refractivity contribution in [2.75, 3.05) is 0 Å². The van der Waals surface area contributed by atoms with Crippen molar-refractivity contribution in [2.45, 2.75) is 12.5 Å². The third kappa shape index (κ3) is 7.78. The van der Waals surface area contributed by atoms with Crippen LogP contribution in [0.25, 0.3) is 0 Å². The summed E-state index contributed by atoms with van der Waals surface area (Å²) in [5, 5.41) is 7.60. The standard InChI is InChI=1S/C11H11ClO2.C3H4O2/c1-8(2)11(13)14-10(12)9-6-4-3-5-7-9;1-2-3(4)5/h3-7,10H,1H2,2H3;2H,1H2,(H,4,5). The fourth-order valence-electron chi connectivity index (χ4n) is 0.867. The highest BCUT2D eigenvalue weighted by atomic mass is 35.5. The van der Waals surface area contributed by atoms with Crippen LogP contribution >= 0.6 is 11.6 Å². The Bertz CT molecular complexity index is 454. The minimum absolute atomic E-state index is 0.339. The van der Waals surface area contributed by atoms with Crippen molar-refractivity contribution in [3.63, 3.8) is 0 Å². The first-order valence-corrected chi connectivity index (χ1v) is 5.73. The molecule has 0 heterocycles. The molecule has 0 aromatic heterocycles. The van der Waals surface area contributed by atoms with Crippen LogP contribution in [0.3, 0.4) is 0 Å². The first-order chi connectivity index (χ1) is 8.88. The van der Waals surface area contributed by atoms with Crippen molar-refractivity contribution < 1.29 is 19.4 Å². The average Bonchev–Trinajstić information content (AvgIpc) is 2.40. The number of carboxylic acid groups (broad SMARTS) is 1. The Hall–Kier alpha value is -2.07. The minimum atomic E-state index is -0.981. The molecule has 0 bridgehead atoms. The lowest BCUT2D eigenvalue weighted by Crippen LogP contribution is -2.07. The van der Waals surface area contributed by atoms with Crippen molar-refractivity contribution in [1.29, 1.82) is 0 Å². The second-order valence-corrected chi connectivity index (χ2v) is 3.85. The maximum Gasteiger partial charge on any atom is 0.334 e. The number of hydrogen-bond acceptors (Lipinski definition) is 3. The summed E-state index contributed by atoms with van der Waals surface area (Å²) in [7, 11) is 0. The molecular weight excluding hydrogens is 268 g/mol. The second kappa shape index (κ2) is 8.94. The van der Waals surface area contributed by atoms with Gasteiger partial charge in [0.1, 0.15) is 0 Å². The smallest absolute Gasteiger partial charge is 0.334 e. The predicted molar refractivity (Wildman–Crippen MR) is 73.8 cm³/mol. The summed E-state index contributed by atoms with van der Waals surface area (Å²) >= 11 is 5.86. The van der Waals surface area contributed by atoms with Gasteiger partial charge in [-0.1, -0.05) is 55.1 Å². The van der Waals surface area contributed by atoms with Crippen LogP contribution < -0.4 is 0 Å². The summed E-state index contributed by atoms with van der Waals surface area (Å²) in [5.41, 5.74) is 0.343. The van der Waals surface area contributed by atoms with E-state index in [1.807, 2.05) is 18.2 Å². The van der Waals surface area contributed by atoms with Gasteiger partial charge in [0.05, 0.1) is 0 Å². The first kappa shape index (κ1) is 16.9. The van der Waals surface area contributed by atoms with Crippen molar-refractivity contribution in [1.82, 2.24) is 0 Å².